The number of nitrogens with one attached hydrogen (secondary N) is 3. The summed E-state index contributed by atoms with van der Waals surface area (Å²) in [6.45, 7) is 1.49. The highest BCUT2D eigenvalue weighted by atomic mass is 16.5. The van der Waals surface area contributed by atoms with Crippen LogP contribution in [0.2, 0.25) is 0 Å². The summed E-state index contributed by atoms with van der Waals surface area (Å²) in [4.78, 5) is 39.2. The minimum Gasteiger partial charge on any atom is -0.479 e. The van der Waals surface area contributed by atoms with E-state index < -0.39 is 6.10 Å². The Morgan fingerprint density at radius 1 is 1.00 bits per heavy atom. The highest BCUT2D eigenvalue weighted by Crippen LogP contribution is 2.36. The van der Waals surface area contributed by atoms with E-state index >= 15 is 0 Å². The van der Waals surface area contributed by atoms with Gasteiger partial charge in [0.05, 0.1) is 5.69 Å². The van der Waals surface area contributed by atoms with Gasteiger partial charge in [0, 0.05) is 17.4 Å². The van der Waals surface area contributed by atoms with Gasteiger partial charge in [-0.15, -0.1) is 0 Å². The lowest BCUT2D eigenvalue weighted by molar-refractivity contribution is -0.127. The molecule has 8 nitrogen and oxygen atoms in total. The predicted octanol–water partition coefficient (Wildman–Crippen LogP) is 3.89. The molecule has 1 aliphatic carbocycles. The molecule has 0 spiro atoms. The lowest BCUT2D eigenvalue weighted by atomic mass is 9.96. The van der Waals surface area contributed by atoms with Gasteiger partial charge in [-0.25, -0.2) is 4.79 Å². The van der Waals surface area contributed by atoms with E-state index in [1.165, 1.54) is 11.3 Å². The van der Waals surface area contributed by atoms with Gasteiger partial charge in [-0.2, -0.15) is 0 Å². The molecule has 1 heterocycles. The molecule has 168 valence electrons. The van der Waals surface area contributed by atoms with Crippen molar-refractivity contribution in [3.8, 4) is 5.75 Å². The topological polar surface area (TPSA) is 99.8 Å². The third-order valence-corrected chi connectivity index (χ3v) is 5.72. The first-order valence-corrected chi connectivity index (χ1v) is 11.0. The standard InChI is InChI=1S/C24H28N4O4/c1-16-23(30)28(15-22(29)25-17-8-4-2-5-9-17)20-14-19(12-13-21(20)32-16)27-24(31)26-18-10-6-3-7-11-18/h2,4-5,8-9,12-14,16,18H,3,6-7,10-11,15H2,1H3,(H,25,29)(H2,26,27,31). The summed E-state index contributed by atoms with van der Waals surface area (Å²) < 4.78 is 5.70. The SMILES string of the molecule is CC1Oc2ccc(NC(=O)NC3CCCCC3)cc2N(CC(=O)Nc2ccccc2)C1=O. The number of hydrogen-bond donors (Lipinski definition) is 3. The summed E-state index contributed by atoms with van der Waals surface area (Å²) in [5, 5.41) is 8.64. The van der Waals surface area contributed by atoms with Crippen LogP contribution in [0.5, 0.6) is 5.75 Å². The molecule has 2 aromatic carbocycles. The van der Waals surface area contributed by atoms with Gasteiger partial charge >= 0.3 is 6.03 Å². The molecule has 4 amide bonds. The summed E-state index contributed by atoms with van der Waals surface area (Å²) in [6.07, 6.45) is 4.73. The van der Waals surface area contributed by atoms with Crippen molar-refractivity contribution in [3.63, 3.8) is 0 Å². The van der Waals surface area contributed by atoms with Crippen LogP contribution in [-0.4, -0.2) is 36.5 Å². The first-order chi connectivity index (χ1) is 15.5. The smallest absolute Gasteiger partial charge is 0.319 e. The molecule has 1 saturated carbocycles. The van der Waals surface area contributed by atoms with E-state index in [9.17, 15) is 14.4 Å². The number of para-hydroxylation sites is 1. The molecule has 8 heteroatoms. The zero-order valence-corrected chi connectivity index (χ0v) is 18.1. The highest BCUT2D eigenvalue weighted by Gasteiger charge is 2.33. The average molecular weight is 437 g/mol. The van der Waals surface area contributed by atoms with Gasteiger partial charge < -0.3 is 20.7 Å². The number of hydrogen-bond acceptors (Lipinski definition) is 4. The van der Waals surface area contributed by atoms with Crippen LogP contribution in [0.15, 0.2) is 48.5 Å². The average Bonchev–Trinajstić information content (AvgIpc) is 2.78. The number of fused-ring (bicyclic) bond motifs is 1. The largest absolute Gasteiger partial charge is 0.479 e. The number of carbonyl (C=O) groups excluding carboxylic acids is 3. The molecular weight excluding hydrogens is 408 g/mol. The second-order valence-corrected chi connectivity index (χ2v) is 8.21. The van der Waals surface area contributed by atoms with Crippen molar-refractivity contribution in [1.29, 1.82) is 0 Å². The van der Waals surface area contributed by atoms with Gasteiger partial charge in [0.25, 0.3) is 5.91 Å². The minimum absolute atomic E-state index is 0.161. The van der Waals surface area contributed by atoms with Crippen LogP contribution in [0.3, 0.4) is 0 Å². The molecule has 0 radical (unpaired) electrons. The summed E-state index contributed by atoms with van der Waals surface area (Å²) >= 11 is 0. The van der Waals surface area contributed by atoms with Crippen LogP contribution >= 0.6 is 0 Å². The minimum atomic E-state index is -0.708. The van der Waals surface area contributed by atoms with E-state index in [1.54, 1.807) is 37.3 Å². The Labute approximate surface area is 187 Å². The fourth-order valence-corrected chi connectivity index (χ4v) is 4.11. The van der Waals surface area contributed by atoms with Gasteiger partial charge in [0.2, 0.25) is 5.91 Å². The Morgan fingerprint density at radius 3 is 2.50 bits per heavy atom. The second kappa shape index (κ2) is 9.72. The van der Waals surface area contributed by atoms with Gasteiger partial charge in [0.1, 0.15) is 12.3 Å². The zero-order valence-electron chi connectivity index (χ0n) is 18.1. The van der Waals surface area contributed by atoms with Crippen LogP contribution in [0.1, 0.15) is 39.0 Å². The molecule has 1 unspecified atom stereocenters. The van der Waals surface area contributed by atoms with E-state index in [0.29, 0.717) is 22.8 Å². The molecule has 0 saturated heterocycles. The summed E-state index contributed by atoms with van der Waals surface area (Å²) in [7, 11) is 0. The van der Waals surface area contributed by atoms with Crippen molar-refractivity contribution < 1.29 is 19.1 Å². The predicted molar refractivity (Wildman–Crippen MR) is 123 cm³/mol. The molecule has 4 rings (SSSR count). The van der Waals surface area contributed by atoms with Crippen molar-refractivity contribution in [2.75, 3.05) is 22.1 Å². The normalized spacial score (nSPS) is 18.3. The molecule has 1 atom stereocenters. The molecule has 1 aliphatic heterocycles. The Morgan fingerprint density at radius 2 is 1.75 bits per heavy atom. The van der Waals surface area contributed by atoms with Crippen LogP contribution < -0.4 is 25.6 Å². The Kier molecular flexibility index (Phi) is 6.58. The molecule has 1 fully saturated rings. The van der Waals surface area contributed by atoms with E-state index in [-0.39, 0.29) is 30.4 Å². The number of rotatable bonds is 5. The number of ether oxygens (including phenoxy) is 1. The summed E-state index contributed by atoms with van der Waals surface area (Å²) in [5.74, 6) is -0.148. The molecule has 3 N–H and O–H groups in total. The maximum Gasteiger partial charge on any atom is 0.319 e. The van der Waals surface area contributed by atoms with Crippen molar-refractivity contribution in [2.24, 2.45) is 0 Å². The van der Waals surface area contributed by atoms with Gasteiger partial charge in [-0.05, 0) is 50.1 Å². The third kappa shape index (κ3) is 5.19. The second-order valence-electron chi connectivity index (χ2n) is 8.21. The lowest BCUT2D eigenvalue weighted by Gasteiger charge is -2.33. The van der Waals surface area contributed by atoms with E-state index in [0.717, 1.165) is 25.7 Å². The fourth-order valence-electron chi connectivity index (χ4n) is 4.11. The van der Waals surface area contributed by atoms with Crippen molar-refractivity contribution >= 4 is 34.9 Å². The van der Waals surface area contributed by atoms with E-state index in [1.807, 2.05) is 18.2 Å². The van der Waals surface area contributed by atoms with Crippen LogP contribution in [0.25, 0.3) is 0 Å². The number of urea groups is 1. The Balaban J connectivity index is 1.47. The van der Waals surface area contributed by atoms with Crippen molar-refractivity contribution in [2.45, 2.75) is 51.2 Å². The van der Waals surface area contributed by atoms with E-state index in [2.05, 4.69) is 16.0 Å². The van der Waals surface area contributed by atoms with Crippen LogP contribution in [-0.2, 0) is 9.59 Å². The van der Waals surface area contributed by atoms with Crippen molar-refractivity contribution in [3.05, 3.63) is 48.5 Å². The zero-order chi connectivity index (χ0) is 22.5. The van der Waals surface area contributed by atoms with Gasteiger partial charge in [-0.3, -0.25) is 14.5 Å². The fraction of sp³-hybridized carbons (Fsp3) is 0.375. The number of benzene rings is 2. The molecule has 0 aromatic heterocycles. The quantitative estimate of drug-likeness (QED) is 0.662. The Hall–Kier alpha value is -3.55. The van der Waals surface area contributed by atoms with Crippen LogP contribution in [0.4, 0.5) is 21.9 Å². The summed E-state index contributed by atoms with van der Waals surface area (Å²) in [6, 6.07) is 14.1. The lowest BCUT2D eigenvalue weighted by Crippen LogP contribution is -2.47. The molecule has 2 aliphatic rings. The van der Waals surface area contributed by atoms with Gasteiger partial charge in [-0.1, -0.05) is 37.5 Å². The molecule has 32 heavy (non-hydrogen) atoms. The molecule has 0 bridgehead atoms. The maximum absolute atomic E-state index is 12.8. The van der Waals surface area contributed by atoms with Crippen LogP contribution in [0, 0.1) is 0 Å². The number of anilines is 3. The highest BCUT2D eigenvalue weighted by molar-refractivity contribution is 6.06. The maximum atomic E-state index is 12.8. The number of carbonyl (C=O) groups is 3. The molecular formula is C24H28N4O4. The number of amides is 4. The summed E-state index contributed by atoms with van der Waals surface area (Å²) in [5.41, 5.74) is 1.63. The van der Waals surface area contributed by atoms with Crippen molar-refractivity contribution in [1.82, 2.24) is 5.32 Å². The van der Waals surface area contributed by atoms with Gasteiger partial charge in [0.15, 0.2) is 6.10 Å². The van der Waals surface area contributed by atoms with E-state index in [4.69, 9.17) is 4.74 Å². The Bertz CT molecular complexity index is 989. The first-order valence-electron chi connectivity index (χ1n) is 11.0. The molecule has 2 aromatic rings. The third-order valence-electron chi connectivity index (χ3n) is 5.72. The first kappa shape index (κ1) is 21.7. The number of nitrogens with zero attached hydrogens (tertiary/aromatic N) is 1. The monoisotopic (exact) mass is 436 g/mol.